The lowest BCUT2D eigenvalue weighted by atomic mass is 10.0. The van der Waals surface area contributed by atoms with Crippen LogP contribution < -0.4 is 15.8 Å². The molecule has 1 aliphatic rings. The number of nitrogens with two attached hydrogens (primary N) is 1. The number of primary amides is 1. The molecular weight excluding hydrogens is 468 g/mol. The van der Waals surface area contributed by atoms with Gasteiger partial charge in [-0.15, -0.1) is 5.10 Å². The van der Waals surface area contributed by atoms with Crippen molar-refractivity contribution in [3.8, 4) is 5.88 Å². The highest BCUT2D eigenvalue weighted by Crippen LogP contribution is 2.36. The van der Waals surface area contributed by atoms with Crippen LogP contribution in [0.3, 0.4) is 0 Å². The Kier molecular flexibility index (Phi) is 7.43. The van der Waals surface area contributed by atoms with E-state index in [1.54, 1.807) is 0 Å². The third-order valence-electron chi connectivity index (χ3n) is 5.11. The Labute approximate surface area is 190 Å². The maximum atomic E-state index is 13.8. The van der Waals surface area contributed by atoms with Crippen LogP contribution in [0.25, 0.3) is 0 Å². The molecule has 6 N–H and O–H groups in total. The summed E-state index contributed by atoms with van der Waals surface area (Å²) in [7, 11) is 0. The summed E-state index contributed by atoms with van der Waals surface area (Å²) in [5.74, 6) is -1.90. The molecule has 1 fully saturated rings. The van der Waals surface area contributed by atoms with E-state index in [0.29, 0.717) is 5.56 Å². The largest absolute Gasteiger partial charge is 0.443 e. The molecule has 2 aromatic rings. The number of hydrogen-bond acceptors (Lipinski definition) is 7. The van der Waals surface area contributed by atoms with E-state index in [-0.39, 0.29) is 18.5 Å². The zero-order valence-corrected chi connectivity index (χ0v) is 17.7. The van der Waals surface area contributed by atoms with E-state index in [2.05, 4.69) is 10.4 Å². The van der Waals surface area contributed by atoms with Gasteiger partial charge in [0.1, 0.15) is 17.9 Å². The number of aromatic nitrogens is 2. The number of nitrogens with zero attached hydrogens (tertiary/aromatic N) is 1. The number of nitrogens with one attached hydrogen (secondary N) is 2. The Morgan fingerprint density at radius 1 is 1.24 bits per heavy atom. The number of halogens is 4. The fourth-order valence-electron chi connectivity index (χ4n) is 3.29. The third-order valence-corrected chi connectivity index (χ3v) is 5.11. The number of aromatic amines is 1. The number of carbonyl (C=O) groups is 2. The number of aliphatic hydroxyl groups excluding tert-OH is 2. The first kappa shape index (κ1) is 25.4. The number of ether oxygens (including phenoxy) is 2. The number of alkyl halides is 4. The number of H-pyrrole nitrogens is 1. The second kappa shape index (κ2) is 9.95. The van der Waals surface area contributed by atoms with Gasteiger partial charge in [0.2, 0.25) is 18.1 Å². The summed E-state index contributed by atoms with van der Waals surface area (Å²) in [5.41, 5.74) is 3.79. The Bertz CT molecular complexity index is 1030. The smallest absolute Gasteiger partial charge is 0.433 e. The minimum atomic E-state index is -4.83. The van der Waals surface area contributed by atoms with Gasteiger partial charge in [-0.2, -0.15) is 13.2 Å². The minimum absolute atomic E-state index is 0.146. The molecule has 2 heterocycles. The Morgan fingerprint density at radius 2 is 1.88 bits per heavy atom. The number of aliphatic hydroxyl groups is 2. The zero-order chi connectivity index (χ0) is 25.2. The van der Waals surface area contributed by atoms with Crippen molar-refractivity contribution in [2.45, 2.75) is 50.3 Å². The molecule has 2 amide bonds. The van der Waals surface area contributed by atoms with Crippen LogP contribution >= 0.6 is 0 Å². The van der Waals surface area contributed by atoms with Gasteiger partial charge in [-0.3, -0.25) is 14.7 Å². The van der Waals surface area contributed by atoms with Crippen molar-refractivity contribution in [1.82, 2.24) is 15.5 Å². The van der Waals surface area contributed by atoms with E-state index < -0.39 is 65.9 Å². The zero-order valence-electron chi connectivity index (χ0n) is 17.7. The van der Waals surface area contributed by atoms with Crippen molar-refractivity contribution < 1.29 is 46.8 Å². The number of benzene rings is 1. The van der Waals surface area contributed by atoms with E-state index in [9.17, 15) is 37.4 Å². The third kappa shape index (κ3) is 5.63. The molecule has 3 rings (SSSR count). The summed E-state index contributed by atoms with van der Waals surface area (Å²) in [6.45, 7) is 0.890. The van der Waals surface area contributed by atoms with Crippen LogP contribution in [0.1, 0.15) is 34.1 Å². The molecule has 1 aromatic carbocycles. The predicted molar refractivity (Wildman–Crippen MR) is 106 cm³/mol. The molecule has 1 saturated heterocycles. The molecule has 5 atom stereocenters. The van der Waals surface area contributed by atoms with Gasteiger partial charge in [-0.05, 0) is 24.6 Å². The fourth-order valence-corrected chi connectivity index (χ4v) is 3.29. The van der Waals surface area contributed by atoms with Crippen LogP contribution in [0.4, 0.5) is 17.6 Å². The normalized spacial score (nSPS) is 25.1. The van der Waals surface area contributed by atoms with Gasteiger partial charge in [-0.1, -0.05) is 12.1 Å². The van der Waals surface area contributed by atoms with Gasteiger partial charge < -0.3 is 30.7 Å². The molecule has 186 valence electrons. The topological polar surface area (TPSA) is 160 Å². The lowest BCUT2D eigenvalue weighted by molar-refractivity contribution is -0.256. The molecule has 0 bridgehead atoms. The summed E-state index contributed by atoms with van der Waals surface area (Å²) < 4.78 is 64.9. The molecule has 1 aromatic heterocycles. The molecule has 0 saturated carbocycles. The molecule has 3 unspecified atom stereocenters. The van der Waals surface area contributed by atoms with Gasteiger partial charge in [0.25, 0.3) is 5.91 Å². The van der Waals surface area contributed by atoms with E-state index in [4.69, 9.17) is 15.2 Å². The summed E-state index contributed by atoms with van der Waals surface area (Å²) in [4.78, 5) is 22.7. The molecular formula is C20H22F4N4O6. The summed E-state index contributed by atoms with van der Waals surface area (Å²) in [6.07, 6.45) is -13.7. The minimum Gasteiger partial charge on any atom is -0.443 e. The number of rotatable bonds is 7. The van der Waals surface area contributed by atoms with Crippen LogP contribution in [-0.2, 0) is 22.1 Å². The highest BCUT2D eigenvalue weighted by molar-refractivity contribution is 5.96. The fraction of sp³-hybridized carbons (Fsp3) is 0.450. The molecule has 34 heavy (non-hydrogen) atoms. The molecule has 14 heteroatoms. The van der Waals surface area contributed by atoms with Gasteiger partial charge in [0, 0.05) is 12.0 Å². The van der Waals surface area contributed by atoms with Crippen molar-refractivity contribution in [2.75, 3.05) is 6.54 Å². The highest BCUT2D eigenvalue weighted by atomic mass is 19.4. The quantitative estimate of drug-likeness (QED) is 0.352. The van der Waals surface area contributed by atoms with Crippen molar-refractivity contribution in [2.24, 2.45) is 5.73 Å². The van der Waals surface area contributed by atoms with E-state index in [1.165, 1.54) is 31.2 Å². The Morgan fingerprint density at radius 3 is 2.47 bits per heavy atom. The monoisotopic (exact) mass is 490 g/mol. The van der Waals surface area contributed by atoms with Crippen LogP contribution in [0.2, 0.25) is 0 Å². The molecule has 1 aliphatic heterocycles. The maximum absolute atomic E-state index is 13.8. The van der Waals surface area contributed by atoms with Gasteiger partial charge in [0.15, 0.2) is 6.17 Å². The summed E-state index contributed by atoms with van der Waals surface area (Å²) >= 11 is 0. The number of carbonyl (C=O) groups excluding carboxylic acids is 2. The SMILES string of the molecule is CC1OC(Oc2n[nH]c(C(F)(F)F)c2Cc2ccc(C(=O)NCC(N)=O)cc2)[C@H](O)C(O)[C@@H]1F. The van der Waals surface area contributed by atoms with Crippen LogP contribution in [0, 0.1) is 0 Å². The predicted octanol–water partition coefficient (Wildman–Crippen LogP) is 0.418. The van der Waals surface area contributed by atoms with Crippen LogP contribution in [0.5, 0.6) is 5.88 Å². The van der Waals surface area contributed by atoms with Crippen molar-refractivity contribution >= 4 is 11.8 Å². The summed E-state index contributed by atoms with van der Waals surface area (Å²) in [5, 5.41) is 27.5. The molecule has 0 spiro atoms. The lowest BCUT2D eigenvalue weighted by Gasteiger charge is -2.37. The average Bonchev–Trinajstić information content (AvgIpc) is 3.17. The molecule has 0 radical (unpaired) electrons. The van der Waals surface area contributed by atoms with Gasteiger partial charge in [-0.25, -0.2) is 4.39 Å². The Hall–Kier alpha value is -3.23. The lowest BCUT2D eigenvalue weighted by Crippen LogP contribution is -2.56. The van der Waals surface area contributed by atoms with Crippen molar-refractivity contribution in [3.63, 3.8) is 0 Å². The Balaban J connectivity index is 1.83. The standard InChI is InChI=1S/C20H22F4N4O6/c1-8-13(21)14(30)15(31)19(33-8)34-18-11(16(27-28-18)20(22,23)24)6-9-2-4-10(5-3-9)17(32)26-7-12(25)29/h2-5,8,13-15,19,30-31H,6-7H2,1H3,(H2,25,29)(H,26,32)(H,27,28)/t8?,13-,14?,15-,19?/m1/s1. The van der Waals surface area contributed by atoms with Crippen molar-refractivity contribution in [3.05, 3.63) is 46.6 Å². The maximum Gasteiger partial charge on any atom is 0.433 e. The second-order valence-electron chi connectivity index (χ2n) is 7.66. The van der Waals surface area contributed by atoms with E-state index >= 15 is 0 Å². The van der Waals surface area contributed by atoms with Crippen LogP contribution in [0.15, 0.2) is 24.3 Å². The molecule has 0 aliphatic carbocycles. The van der Waals surface area contributed by atoms with Gasteiger partial charge in [0.05, 0.1) is 18.2 Å². The number of amides is 2. The van der Waals surface area contributed by atoms with Gasteiger partial charge >= 0.3 is 6.18 Å². The van der Waals surface area contributed by atoms with Crippen LogP contribution in [-0.4, -0.2) is 69.5 Å². The van der Waals surface area contributed by atoms with E-state index in [0.717, 1.165) is 0 Å². The van der Waals surface area contributed by atoms with E-state index in [1.807, 2.05) is 5.10 Å². The summed E-state index contributed by atoms with van der Waals surface area (Å²) in [6, 6.07) is 5.46. The second-order valence-corrected chi connectivity index (χ2v) is 7.66. The first-order valence-electron chi connectivity index (χ1n) is 10.0. The average molecular weight is 490 g/mol. The molecule has 10 nitrogen and oxygen atoms in total. The first-order chi connectivity index (χ1) is 15.9. The number of hydrogen-bond donors (Lipinski definition) is 5. The first-order valence-corrected chi connectivity index (χ1v) is 10.0. The van der Waals surface area contributed by atoms with Crippen molar-refractivity contribution in [1.29, 1.82) is 0 Å². The highest BCUT2D eigenvalue weighted by Gasteiger charge is 2.45.